The monoisotopic (exact) mass is 302 g/mol. The minimum absolute atomic E-state index is 0.174. The third-order valence-electron chi connectivity index (χ3n) is 4.62. The fourth-order valence-electron chi connectivity index (χ4n) is 2.87. The zero-order chi connectivity index (χ0) is 15.9. The van der Waals surface area contributed by atoms with Crippen LogP contribution in [-0.4, -0.2) is 48.3 Å². The van der Waals surface area contributed by atoms with E-state index < -0.39 is 0 Å². The number of piperazine rings is 1. The van der Waals surface area contributed by atoms with Crippen LogP contribution in [0.4, 0.5) is 0 Å². The van der Waals surface area contributed by atoms with Crippen molar-refractivity contribution in [2.75, 3.05) is 32.7 Å². The lowest BCUT2D eigenvalue weighted by Gasteiger charge is -2.34. The zero-order valence-corrected chi connectivity index (χ0v) is 14.3. The summed E-state index contributed by atoms with van der Waals surface area (Å²) in [6, 6.07) is 8.99. The van der Waals surface area contributed by atoms with E-state index in [1.54, 1.807) is 0 Å². The Morgan fingerprint density at radius 1 is 1.00 bits per heavy atom. The molecule has 0 N–H and O–H groups in total. The molecule has 0 amide bonds. The summed E-state index contributed by atoms with van der Waals surface area (Å²) in [6.07, 6.45) is 1.81. The van der Waals surface area contributed by atoms with Crippen molar-refractivity contribution < 1.29 is 4.79 Å². The van der Waals surface area contributed by atoms with Gasteiger partial charge in [-0.15, -0.1) is 0 Å². The number of hydrogen-bond acceptors (Lipinski definition) is 3. The second-order valence-electron chi connectivity index (χ2n) is 6.66. The van der Waals surface area contributed by atoms with E-state index in [1.807, 2.05) is 13.8 Å². The van der Waals surface area contributed by atoms with Gasteiger partial charge in [-0.1, -0.05) is 45.0 Å². The molecule has 1 aliphatic heterocycles. The lowest BCUT2D eigenvalue weighted by molar-refractivity contribution is -0.122. The molecule has 0 radical (unpaired) electrons. The average molecular weight is 302 g/mol. The first-order chi connectivity index (χ1) is 10.6. The molecule has 0 saturated carbocycles. The molecule has 0 spiro atoms. The molecule has 3 heteroatoms. The lowest BCUT2D eigenvalue weighted by atomic mass is 10.1. The van der Waals surface area contributed by atoms with Crippen molar-refractivity contribution in [2.24, 2.45) is 5.92 Å². The molecule has 2 rings (SSSR count). The van der Waals surface area contributed by atoms with E-state index >= 15 is 0 Å². The summed E-state index contributed by atoms with van der Waals surface area (Å²) in [5, 5.41) is 0. The predicted molar refractivity (Wildman–Crippen MR) is 92.0 cm³/mol. The first kappa shape index (κ1) is 17.2. The van der Waals surface area contributed by atoms with Crippen LogP contribution in [0.15, 0.2) is 24.3 Å². The normalized spacial score (nSPS) is 17.1. The van der Waals surface area contributed by atoms with E-state index in [4.69, 9.17) is 0 Å². The molecule has 1 heterocycles. The molecule has 0 atom stereocenters. The zero-order valence-electron chi connectivity index (χ0n) is 14.3. The topological polar surface area (TPSA) is 23.6 Å². The number of hydrogen-bond donors (Lipinski definition) is 0. The van der Waals surface area contributed by atoms with Crippen LogP contribution in [0, 0.1) is 5.92 Å². The van der Waals surface area contributed by atoms with Gasteiger partial charge in [-0.3, -0.25) is 9.69 Å². The molecule has 1 saturated heterocycles. The number of aryl methyl sites for hydroxylation is 1. The summed E-state index contributed by atoms with van der Waals surface area (Å²) in [5.74, 6) is 0.561. The van der Waals surface area contributed by atoms with Gasteiger partial charge in [0.2, 0.25) is 0 Å². The lowest BCUT2D eigenvalue weighted by Crippen LogP contribution is -2.46. The van der Waals surface area contributed by atoms with Gasteiger partial charge < -0.3 is 4.90 Å². The highest BCUT2D eigenvalue weighted by Gasteiger charge is 2.18. The molecule has 0 aliphatic carbocycles. The molecular formula is C19H30N2O. The van der Waals surface area contributed by atoms with Gasteiger partial charge in [-0.2, -0.15) is 0 Å². The minimum atomic E-state index is 0.174. The Labute approximate surface area is 135 Å². The fraction of sp³-hybridized carbons (Fsp3) is 0.632. The van der Waals surface area contributed by atoms with Crippen LogP contribution in [0.3, 0.4) is 0 Å². The summed E-state index contributed by atoms with van der Waals surface area (Å²) >= 11 is 0. The van der Waals surface area contributed by atoms with E-state index in [-0.39, 0.29) is 5.92 Å². The fourth-order valence-corrected chi connectivity index (χ4v) is 2.87. The third-order valence-corrected chi connectivity index (χ3v) is 4.62. The Balaban J connectivity index is 1.71. The molecule has 22 heavy (non-hydrogen) atoms. The number of Topliss-reactive ketones (excluding diaryl/α,β-unsaturated/α-hetero) is 1. The van der Waals surface area contributed by atoms with Gasteiger partial charge in [-0.25, -0.2) is 0 Å². The molecule has 0 aromatic heterocycles. The van der Waals surface area contributed by atoms with E-state index in [1.165, 1.54) is 11.1 Å². The van der Waals surface area contributed by atoms with Crippen LogP contribution >= 0.6 is 0 Å². The van der Waals surface area contributed by atoms with Crippen molar-refractivity contribution in [1.82, 2.24) is 9.80 Å². The summed E-state index contributed by atoms with van der Waals surface area (Å²) in [4.78, 5) is 16.6. The summed E-state index contributed by atoms with van der Waals surface area (Å²) in [7, 11) is 0. The Morgan fingerprint density at radius 2 is 1.55 bits per heavy atom. The van der Waals surface area contributed by atoms with E-state index in [2.05, 4.69) is 41.0 Å². The van der Waals surface area contributed by atoms with E-state index in [0.717, 1.165) is 45.7 Å². The first-order valence-corrected chi connectivity index (χ1v) is 8.63. The maximum Gasteiger partial charge on any atom is 0.136 e. The summed E-state index contributed by atoms with van der Waals surface area (Å²) in [5.41, 5.74) is 2.81. The minimum Gasteiger partial charge on any atom is -0.300 e. The number of carbonyl (C=O) groups excluding carboxylic acids is 1. The first-order valence-electron chi connectivity index (χ1n) is 8.63. The number of carbonyl (C=O) groups is 1. The standard InChI is InChI=1S/C19H30N2O/c1-4-17-5-7-18(8-6-17)15-21-13-11-20(12-14-21)10-9-19(22)16(2)3/h5-8,16H,4,9-15H2,1-3H3. The van der Waals surface area contributed by atoms with Gasteiger partial charge in [0.25, 0.3) is 0 Å². The predicted octanol–water partition coefficient (Wildman–Crippen LogP) is 2.98. The maximum absolute atomic E-state index is 11.7. The quantitative estimate of drug-likeness (QED) is 0.773. The molecule has 122 valence electrons. The average Bonchev–Trinajstić information content (AvgIpc) is 2.54. The highest BCUT2D eigenvalue weighted by atomic mass is 16.1. The Hall–Kier alpha value is -1.19. The van der Waals surface area contributed by atoms with E-state index in [9.17, 15) is 4.79 Å². The molecule has 1 fully saturated rings. The third kappa shape index (κ3) is 5.22. The second kappa shape index (κ2) is 8.44. The largest absolute Gasteiger partial charge is 0.300 e. The SMILES string of the molecule is CCc1ccc(CN2CCN(CCC(=O)C(C)C)CC2)cc1. The van der Waals surface area contributed by atoms with Crippen LogP contribution in [0.2, 0.25) is 0 Å². The molecular weight excluding hydrogens is 272 g/mol. The van der Waals surface area contributed by atoms with Gasteiger partial charge in [0.05, 0.1) is 0 Å². The molecule has 1 aliphatic rings. The number of rotatable bonds is 7. The Kier molecular flexibility index (Phi) is 6.59. The smallest absolute Gasteiger partial charge is 0.136 e. The molecule has 1 aromatic carbocycles. The molecule has 3 nitrogen and oxygen atoms in total. The van der Waals surface area contributed by atoms with Crippen molar-refractivity contribution in [3.05, 3.63) is 35.4 Å². The van der Waals surface area contributed by atoms with Gasteiger partial charge >= 0.3 is 0 Å². The second-order valence-corrected chi connectivity index (χ2v) is 6.66. The van der Waals surface area contributed by atoms with Crippen molar-refractivity contribution in [2.45, 2.75) is 40.2 Å². The number of benzene rings is 1. The Bertz CT molecular complexity index is 459. The van der Waals surface area contributed by atoms with Crippen LogP contribution < -0.4 is 0 Å². The molecule has 0 unspecified atom stereocenters. The highest BCUT2D eigenvalue weighted by molar-refractivity contribution is 5.80. The van der Waals surface area contributed by atoms with Crippen molar-refractivity contribution in [3.63, 3.8) is 0 Å². The van der Waals surface area contributed by atoms with Crippen molar-refractivity contribution in [3.8, 4) is 0 Å². The molecule has 1 aromatic rings. The van der Waals surface area contributed by atoms with Crippen molar-refractivity contribution in [1.29, 1.82) is 0 Å². The highest BCUT2D eigenvalue weighted by Crippen LogP contribution is 2.11. The Morgan fingerprint density at radius 3 is 2.09 bits per heavy atom. The maximum atomic E-state index is 11.7. The van der Waals surface area contributed by atoms with Gasteiger partial charge in [0, 0.05) is 51.6 Å². The number of ketones is 1. The van der Waals surface area contributed by atoms with Crippen LogP contribution in [0.25, 0.3) is 0 Å². The van der Waals surface area contributed by atoms with Crippen LogP contribution in [0.5, 0.6) is 0 Å². The van der Waals surface area contributed by atoms with Crippen molar-refractivity contribution >= 4 is 5.78 Å². The van der Waals surface area contributed by atoms with Gasteiger partial charge in [0.1, 0.15) is 5.78 Å². The van der Waals surface area contributed by atoms with Gasteiger partial charge in [-0.05, 0) is 17.5 Å². The molecule has 0 bridgehead atoms. The summed E-state index contributed by atoms with van der Waals surface area (Å²) < 4.78 is 0. The number of nitrogens with zero attached hydrogens (tertiary/aromatic N) is 2. The van der Waals surface area contributed by atoms with E-state index in [0.29, 0.717) is 12.2 Å². The van der Waals surface area contributed by atoms with Crippen LogP contribution in [0.1, 0.15) is 38.3 Å². The van der Waals surface area contributed by atoms with Gasteiger partial charge in [0.15, 0.2) is 0 Å². The van der Waals surface area contributed by atoms with Crippen LogP contribution in [-0.2, 0) is 17.8 Å². The summed E-state index contributed by atoms with van der Waals surface area (Å²) in [6.45, 7) is 12.5.